The fourth-order valence-electron chi connectivity index (χ4n) is 8.59. The number of aryl methyl sites for hydroxylation is 4. The Morgan fingerprint density at radius 2 is 1.55 bits per heavy atom. The lowest BCUT2D eigenvalue weighted by Gasteiger charge is -2.27. The number of aromatic hydroxyl groups is 2. The summed E-state index contributed by atoms with van der Waals surface area (Å²) in [6.07, 6.45) is 15.5. The number of carbonyl (C=O) groups excluding carboxylic acids is 1. The van der Waals surface area contributed by atoms with Crippen molar-refractivity contribution in [3.05, 3.63) is 195 Å². The van der Waals surface area contributed by atoms with Crippen molar-refractivity contribution in [3.63, 3.8) is 0 Å². The van der Waals surface area contributed by atoms with Crippen LogP contribution in [0, 0.1) is 17.8 Å². The Morgan fingerprint density at radius 3 is 2.37 bits per heavy atom. The minimum absolute atomic E-state index is 0.0172. The number of allylic oxidation sites excluding steroid dienone is 5. The molecule has 0 fully saturated rings. The highest BCUT2D eigenvalue weighted by Gasteiger charge is 2.24. The Hall–Kier alpha value is -6.66. The molecule has 0 saturated carbocycles. The molecule has 7 rings (SSSR count). The first-order valence-electron chi connectivity index (χ1n) is 22.9. The van der Waals surface area contributed by atoms with E-state index >= 15 is 0 Å². The van der Waals surface area contributed by atoms with Crippen LogP contribution in [0.4, 0.5) is 0 Å². The number of nitrogens with zero attached hydrogens (tertiary/aromatic N) is 1. The Kier molecular flexibility index (Phi) is 16.3. The van der Waals surface area contributed by atoms with Gasteiger partial charge in [0, 0.05) is 36.1 Å². The third-order valence-electron chi connectivity index (χ3n) is 12.4. The van der Waals surface area contributed by atoms with E-state index in [2.05, 4.69) is 78.4 Å². The normalized spacial score (nSPS) is 15.0. The molecule has 6 N–H and O–H groups in total. The first-order valence-corrected chi connectivity index (χ1v) is 22.9. The Bertz CT molecular complexity index is 2630. The summed E-state index contributed by atoms with van der Waals surface area (Å²) in [4.78, 5) is 17.2. The Balaban J connectivity index is 0.877. The summed E-state index contributed by atoms with van der Waals surface area (Å²) in [5, 5.41) is 35.6. The number of hydrogen-bond acceptors (Lipinski definition) is 8. The summed E-state index contributed by atoms with van der Waals surface area (Å²) in [7, 11) is 0. The van der Waals surface area contributed by atoms with Crippen LogP contribution in [0.2, 0.25) is 0 Å². The number of nitrogens with two attached hydrogens (primary N) is 2. The average molecular weight is 867 g/mol. The van der Waals surface area contributed by atoms with Crippen LogP contribution in [0.3, 0.4) is 0 Å². The minimum Gasteiger partial charge on any atom is -0.875 e. The molecule has 0 radical (unpaired) electrons. The molecular formula is C57H60N3O5-. The van der Waals surface area contributed by atoms with Gasteiger partial charge in [-0.05, 0) is 138 Å². The summed E-state index contributed by atoms with van der Waals surface area (Å²) in [5.41, 5.74) is 21.9. The first kappa shape index (κ1) is 46.3. The molecular weight excluding hydrogens is 807 g/mol. The van der Waals surface area contributed by atoms with E-state index in [1.54, 1.807) is 36.6 Å². The number of aliphatic imine (C=N–C) groups is 1. The molecule has 5 aromatic carbocycles. The number of benzene rings is 5. The summed E-state index contributed by atoms with van der Waals surface area (Å²) in [6, 6.07) is 35.8. The number of ether oxygens (including phenoxy) is 1. The Morgan fingerprint density at radius 1 is 0.815 bits per heavy atom. The number of phenols is 2. The van der Waals surface area contributed by atoms with Crippen LogP contribution in [0.15, 0.2) is 150 Å². The number of carbonyl (C=O) groups is 1. The van der Waals surface area contributed by atoms with Gasteiger partial charge < -0.3 is 31.5 Å². The predicted molar refractivity (Wildman–Crippen MR) is 259 cm³/mol. The van der Waals surface area contributed by atoms with Crippen LogP contribution in [0.1, 0.15) is 114 Å². The van der Waals surface area contributed by atoms with Crippen molar-refractivity contribution in [1.29, 1.82) is 0 Å². The largest absolute Gasteiger partial charge is 0.875 e. The summed E-state index contributed by atoms with van der Waals surface area (Å²) < 4.78 is 6.08. The number of rotatable bonds is 20. The van der Waals surface area contributed by atoms with Gasteiger partial charge in [-0.15, -0.1) is 5.76 Å². The van der Waals surface area contributed by atoms with E-state index < -0.39 is 12.1 Å². The number of unbranched alkanes of at least 4 members (excludes halogenated alkanes) is 1. The van der Waals surface area contributed by atoms with Crippen molar-refractivity contribution in [2.45, 2.75) is 96.1 Å². The second-order valence-electron chi connectivity index (χ2n) is 17.4. The number of fused-ring (bicyclic) bond motifs is 2. The zero-order valence-corrected chi connectivity index (χ0v) is 37.3. The fourth-order valence-corrected chi connectivity index (χ4v) is 8.59. The van der Waals surface area contributed by atoms with Crippen molar-refractivity contribution in [3.8, 4) is 29.1 Å². The SMILES string of the molecule is CC(CCCC=CC(=O)CCc1ccc(O)c(OCCc2ccc(O)c(C3CC([O-])=C4C=CN=C4CC#Cc4cc(C(N)N)ccc43)c2)c1)CCc1cccc(CCc2ccccc2)c1. The maximum Gasteiger partial charge on any atom is 0.161 e. The van der Waals surface area contributed by atoms with Gasteiger partial charge in [0.1, 0.15) is 5.75 Å². The van der Waals surface area contributed by atoms with E-state index in [1.807, 2.05) is 42.5 Å². The number of phenolic OH excluding ortho intramolecular Hbond substituents is 2. The lowest BCUT2D eigenvalue weighted by Crippen LogP contribution is -2.21. The molecule has 2 atom stereocenters. The highest BCUT2D eigenvalue weighted by Crippen LogP contribution is 2.39. The highest BCUT2D eigenvalue weighted by molar-refractivity contribution is 6.06. The van der Waals surface area contributed by atoms with Crippen molar-refractivity contribution < 1.29 is 24.9 Å². The predicted octanol–water partition coefficient (Wildman–Crippen LogP) is 9.78. The molecule has 0 amide bonds. The standard InChI is InChI=1S/C57H61N3O5/c1-39(18-19-41-13-8-14-42(34-41)21-20-40-11-5-3-6-12-40)10-4-2-7-16-47(61)26-22-43-24-29-54(63)56(36-43)65-33-31-44-23-28-53(62)51(35-44)50-38-55(64)49-30-32-60-52(49)17-9-15-45-37-46(57(58)59)25-27-48(45)50/h3,5-8,11-14,16,23-25,27-30,32,34-37,39,50,57,62-64H,2,4,10,17-22,26,31,33,38,58-59H2,1H3/p-1. The highest BCUT2D eigenvalue weighted by atomic mass is 16.5. The fraction of sp³-hybridized carbons (Fsp3) is 0.298. The van der Waals surface area contributed by atoms with Gasteiger partial charge in [-0.3, -0.25) is 9.79 Å². The van der Waals surface area contributed by atoms with Crippen molar-refractivity contribution >= 4 is 11.5 Å². The van der Waals surface area contributed by atoms with Crippen LogP contribution in [-0.2, 0) is 36.9 Å². The second-order valence-corrected chi connectivity index (χ2v) is 17.4. The summed E-state index contributed by atoms with van der Waals surface area (Å²) >= 11 is 0. The third-order valence-corrected chi connectivity index (χ3v) is 12.4. The van der Waals surface area contributed by atoms with E-state index in [0.29, 0.717) is 65.3 Å². The Labute approximate surface area is 384 Å². The second kappa shape index (κ2) is 22.8. The van der Waals surface area contributed by atoms with Crippen LogP contribution < -0.4 is 21.3 Å². The molecule has 65 heavy (non-hydrogen) atoms. The van der Waals surface area contributed by atoms with E-state index in [4.69, 9.17) is 16.2 Å². The molecule has 1 aliphatic heterocycles. The molecule has 2 aliphatic rings. The molecule has 0 aromatic heterocycles. The van der Waals surface area contributed by atoms with Gasteiger partial charge >= 0.3 is 0 Å². The maximum absolute atomic E-state index is 13.7. The van der Waals surface area contributed by atoms with E-state index in [-0.39, 0.29) is 36.1 Å². The molecule has 0 bridgehead atoms. The van der Waals surface area contributed by atoms with Gasteiger partial charge in [-0.25, -0.2) is 0 Å². The van der Waals surface area contributed by atoms with Crippen LogP contribution >= 0.6 is 0 Å². The molecule has 0 spiro atoms. The van der Waals surface area contributed by atoms with Gasteiger partial charge in [-0.1, -0.05) is 116 Å². The topological polar surface area (TPSA) is 154 Å². The van der Waals surface area contributed by atoms with Gasteiger partial charge in [0.25, 0.3) is 0 Å². The molecule has 5 aromatic rings. The zero-order valence-electron chi connectivity index (χ0n) is 37.3. The van der Waals surface area contributed by atoms with Gasteiger partial charge in [0.15, 0.2) is 17.3 Å². The smallest absolute Gasteiger partial charge is 0.161 e. The molecule has 1 aliphatic carbocycles. The summed E-state index contributed by atoms with van der Waals surface area (Å²) in [6.45, 7) is 2.57. The van der Waals surface area contributed by atoms with Crippen molar-refractivity contribution in [2.24, 2.45) is 22.4 Å². The minimum atomic E-state index is -0.695. The monoisotopic (exact) mass is 866 g/mol. The van der Waals surface area contributed by atoms with Gasteiger partial charge in [0.2, 0.25) is 0 Å². The maximum atomic E-state index is 13.7. The van der Waals surface area contributed by atoms with E-state index in [1.165, 1.54) is 16.7 Å². The van der Waals surface area contributed by atoms with E-state index in [0.717, 1.165) is 61.6 Å². The zero-order chi connectivity index (χ0) is 45.5. The molecule has 1 heterocycles. The molecule has 0 saturated heterocycles. The quantitative estimate of drug-likeness (QED) is 0.0263. The number of hydrogen-bond donors (Lipinski definition) is 4. The van der Waals surface area contributed by atoms with E-state index in [9.17, 15) is 20.1 Å². The van der Waals surface area contributed by atoms with Gasteiger partial charge in [-0.2, -0.15) is 0 Å². The van der Waals surface area contributed by atoms with Crippen molar-refractivity contribution in [2.75, 3.05) is 6.61 Å². The lowest BCUT2D eigenvalue weighted by atomic mass is 9.82. The lowest BCUT2D eigenvalue weighted by molar-refractivity contribution is -0.307. The van der Waals surface area contributed by atoms with Crippen molar-refractivity contribution in [1.82, 2.24) is 0 Å². The van der Waals surface area contributed by atoms with Crippen LogP contribution in [0.5, 0.6) is 17.2 Å². The average Bonchev–Trinajstić information content (AvgIpc) is 3.79. The van der Waals surface area contributed by atoms with Gasteiger partial charge in [0.05, 0.1) is 24.9 Å². The third kappa shape index (κ3) is 13.2. The first-order chi connectivity index (χ1) is 31.6. The van der Waals surface area contributed by atoms with Crippen LogP contribution in [0.25, 0.3) is 0 Å². The molecule has 8 nitrogen and oxygen atoms in total. The summed E-state index contributed by atoms with van der Waals surface area (Å²) in [5.74, 6) is 6.93. The van der Waals surface area contributed by atoms with Crippen LogP contribution in [-0.4, -0.2) is 28.3 Å². The molecule has 334 valence electrons. The number of ketones is 1. The molecule has 2 unspecified atom stereocenters. The molecule has 8 heteroatoms.